The number of ether oxygens (including phenoxy) is 2. The predicted octanol–water partition coefficient (Wildman–Crippen LogP) is 5.42. The Morgan fingerprint density at radius 3 is 2.61 bits per heavy atom. The van der Waals surface area contributed by atoms with Gasteiger partial charge in [-0.3, -0.25) is 4.79 Å². The maximum atomic E-state index is 13.1. The fourth-order valence-electron chi connectivity index (χ4n) is 3.46. The number of rotatable bonds is 8. The van der Waals surface area contributed by atoms with Crippen LogP contribution in [0.1, 0.15) is 43.7 Å². The highest BCUT2D eigenvalue weighted by Crippen LogP contribution is 2.38. The van der Waals surface area contributed by atoms with E-state index in [1.165, 1.54) is 18.2 Å². The molecule has 1 saturated carbocycles. The largest absolute Gasteiger partial charge is 0.490 e. The van der Waals surface area contributed by atoms with E-state index in [1.807, 2.05) is 13.0 Å². The van der Waals surface area contributed by atoms with Crippen molar-refractivity contribution in [1.82, 2.24) is 5.32 Å². The molecule has 2 aromatic carbocycles. The lowest BCUT2D eigenvalue weighted by atomic mass is 10.1. The molecule has 0 bridgehead atoms. The molecule has 0 radical (unpaired) electrons. The number of hydrogen-bond acceptors (Lipinski definition) is 4. The second-order valence-electron chi connectivity index (χ2n) is 7.30. The molecular formula is C24H24ClFN2O3. The van der Waals surface area contributed by atoms with Crippen molar-refractivity contribution in [2.45, 2.75) is 45.3 Å². The Labute approximate surface area is 186 Å². The second-order valence-corrected chi connectivity index (χ2v) is 7.71. The minimum Gasteiger partial charge on any atom is -0.490 e. The Morgan fingerprint density at radius 1 is 1.26 bits per heavy atom. The predicted molar refractivity (Wildman–Crippen MR) is 117 cm³/mol. The van der Waals surface area contributed by atoms with Crippen molar-refractivity contribution in [3.8, 4) is 17.6 Å². The summed E-state index contributed by atoms with van der Waals surface area (Å²) in [6, 6.07) is 11.3. The van der Waals surface area contributed by atoms with Gasteiger partial charge in [-0.1, -0.05) is 36.6 Å². The van der Waals surface area contributed by atoms with Gasteiger partial charge < -0.3 is 14.8 Å². The van der Waals surface area contributed by atoms with Crippen molar-refractivity contribution in [2.75, 3.05) is 6.61 Å². The average molecular weight is 443 g/mol. The maximum absolute atomic E-state index is 13.1. The first-order valence-corrected chi connectivity index (χ1v) is 10.6. The van der Waals surface area contributed by atoms with E-state index in [1.54, 1.807) is 24.3 Å². The van der Waals surface area contributed by atoms with E-state index >= 15 is 0 Å². The maximum Gasteiger partial charge on any atom is 0.262 e. The van der Waals surface area contributed by atoms with Crippen LogP contribution in [0.5, 0.6) is 11.5 Å². The summed E-state index contributed by atoms with van der Waals surface area (Å²) in [7, 11) is 0. The minimum atomic E-state index is -0.389. The molecular weight excluding hydrogens is 419 g/mol. The smallest absolute Gasteiger partial charge is 0.262 e. The van der Waals surface area contributed by atoms with Gasteiger partial charge in [0.15, 0.2) is 11.5 Å². The number of hydrogen-bond donors (Lipinski definition) is 1. The molecule has 1 aliphatic rings. The Balaban J connectivity index is 1.80. The molecule has 2 aromatic rings. The fourth-order valence-corrected chi connectivity index (χ4v) is 3.73. The highest BCUT2D eigenvalue weighted by atomic mass is 35.5. The summed E-state index contributed by atoms with van der Waals surface area (Å²) in [5, 5.41) is 12.7. The first-order valence-electron chi connectivity index (χ1n) is 10.3. The Morgan fingerprint density at radius 2 is 1.97 bits per heavy atom. The molecule has 162 valence electrons. The topological polar surface area (TPSA) is 71.3 Å². The molecule has 1 fully saturated rings. The first-order chi connectivity index (χ1) is 15.0. The van der Waals surface area contributed by atoms with E-state index in [0.29, 0.717) is 23.7 Å². The third-order valence-corrected chi connectivity index (χ3v) is 5.28. The van der Waals surface area contributed by atoms with E-state index < -0.39 is 0 Å². The molecule has 0 aromatic heterocycles. The Kier molecular flexibility index (Phi) is 7.91. The average Bonchev–Trinajstić information content (AvgIpc) is 3.26. The van der Waals surface area contributed by atoms with Crippen LogP contribution in [-0.4, -0.2) is 18.6 Å². The number of benzene rings is 2. The van der Waals surface area contributed by atoms with Crippen molar-refractivity contribution < 1.29 is 18.7 Å². The van der Waals surface area contributed by atoms with Crippen LogP contribution in [0.3, 0.4) is 0 Å². The van der Waals surface area contributed by atoms with Crippen LogP contribution in [-0.2, 0) is 11.4 Å². The van der Waals surface area contributed by atoms with Gasteiger partial charge in [-0.05, 0) is 61.2 Å². The van der Waals surface area contributed by atoms with Gasteiger partial charge in [-0.2, -0.15) is 5.26 Å². The van der Waals surface area contributed by atoms with Gasteiger partial charge in [0.2, 0.25) is 0 Å². The summed E-state index contributed by atoms with van der Waals surface area (Å²) in [6.07, 6.45) is 5.53. The first kappa shape index (κ1) is 22.6. The van der Waals surface area contributed by atoms with Crippen molar-refractivity contribution >= 4 is 23.6 Å². The van der Waals surface area contributed by atoms with Crippen molar-refractivity contribution in [2.24, 2.45) is 0 Å². The molecule has 0 unspecified atom stereocenters. The van der Waals surface area contributed by atoms with E-state index in [-0.39, 0.29) is 35.0 Å². The number of halogens is 2. The summed E-state index contributed by atoms with van der Waals surface area (Å²) >= 11 is 6.43. The number of nitrogens with one attached hydrogen (secondary N) is 1. The van der Waals surface area contributed by atoms with Crippen LogP contribution < -0.4 is 14.8 Å². The zero-order chi connectivity index (χ0) is 22.2. The van der Waals surface area contributed by atoms with Gasteiger partial charge >= 0.3 is 0 Å². The third-order valence-electron chi connectivity index (χ3n) is 4.99. The van der Waals surface area contributed by atoms with E-state index in [4.69, 9.17) is 21.1 Å². The SMILES string of the molecule is CCOc1cc(/C=C(/C#N)C(=O)NC2CCCC2)cc(Cl)c1OCc1ccc(F)cc1. The molecule has 7 heteroatoms. The van der Waals surface area contributed by atoms with Gasteiger partial charge in [0, 0.05) is 6.04 Å². The fraction of sp³-hybridized carbons (Fsp3) is 0.333. The van der Waals surface area contributed by atoms with Gasteiger partial charge in [-0.15, -0.1) is 0 Å². The van der Waals surface area contributed by atoms with Crippen molar-refractivity contribution in [1.29, 1.82) is 5.26 Å². The molecule has 31 heavy (non-hydrogen) atoms. The molecule has 5 nitrogen and oxygen atoms in total. The number of nitrogens with zero attached hydrogens (tertiary/aromatic N) is 1. The molecule has 0 saturated heterocycles. The third kappa shape index (κ3) is 6.22. The molecule has 0 atom stereocenters. The molecule has 1 N–H and O–H groups in total. The quantitative estimate of drug-likeness (QED) is 0.437. The number of carbonyl (C=O) groups is 1. The Hall–Kier alpha value is -3.04. The van der Waals surface area contributed by atoms with Crippen LogP contribution in [0.15, 0.2) is 42.0 Å². The van der Waals surface area contributed by atoms with Crippen LogP contribution in [0.2, 0.25) is 5.02 Å². The molecule has 0 heterocycles. The van der Waals surface area contributed by atoms with Crippen LogP contribution in [0, 0.1) is 17.1 Å². The highest BCUT2D eigenvalue weighted by molar-refractivity contribution is 6.32. The lowest BCUT2D eigenvalue weighted by Crippen LogP contribution is -2.33. The summed E-state index contributed by atoms with van der Waals surface area (Å²) in [5.74, 6) is 0.0362. The Bertz CT molecular complexity index is 993. The van der Waals surface area contributed by atoms with Gasteiger partial charge in [0.05, 0.1) is 11.6 Å². The van der Waals surface area contributed by atoms with Crippen LogP contribution >= 0.6 is 11.6 Å². The second kappa shape index (κ2) is 10.8. The summed E-state index contributed by atoms with van der Waals surface area (Å²) in [5.41, 5.74) is 1.34. The molecule has 0 aliphatic heterocycles. The summed E-state index contributed by atoms with van der Waals surface area (Å²) in [4.78, 5) is 12.5. The molecule has 1 amide bonds. The van der Waals surface area contributed by atoms with Gasteiger partial charge in [0.1, 0.15) is 24.1 Å². The monoisotopic (exact) mass is 442 g/mol. The van der Waals surface area contributed by atoms with E-state index in [0.717, 1.165) is 31.2 Å². The zero-order valence-corrected chi connectivity index (χ0v) is 18.0. The van der Waals surface area contributed by atoms with Gasteiger partial charge in [0.25, 0.3) is 5.91 Å². The van der Waals surface area contributed by atoms with Crippen molar-refractivity contribution in [3.63, 3.8) is 0 Å². The number of carbonyl (C=O) groups excluding carboxylic acids is 1. The van der Waals surface area contributed by atoms with Gasteiger partial charge in [-0.25, -0.2) is 4.39 Å². The molecule has 0 spiro atoms. The summed E-state index contributed by atoms with van der Waals surface area (Å²) in [6.45, 7) is 2.39. The highest BCUT2D eigenvalue weighted by Gasteiger charge is 2.20. The summed E-state index contributed by atoms with van der Waals surface area (Å²) < 4.78 is 24.6. The number of amides is 1. The minimum absolute atomic E-state index is 0.00500. The van der Waals surface area contributed by atoms with E-state index in [9.17, 15) is 14.4 Å². The van der Waals surface area contributed by atoms with Crippen LogP contribution in [0.4, 0.5) is 4.39 Å². The standard InChI is InChI=1S/C24H24ClFN2O3/c1-2-30-22-13-17(11-18(14-27)24(29)28-20-5-3-4-6-20)12-21(25)23(22)31-15-16-7-9-19(26)10-8-16/h7-13,20H,2-6,15H2,1H3,(H,28,29)/b18-11-. The van der Waals surface area contributed by atoms with Crippen LogP contribution in [0.25, 0.3) is 6.08 Å². The van der Waals surface area contributed by atoms with Crippen molar-refractivity contribution in [3.05, 3.63) is 63.9 Å². The van der Waals surface area contributed by atoms with E-state index in [2.05, 4.69) is 5.32 Å². The lowest BCUT2D eigenvalue weighted by molar-refractivity contribution is -0.117. The lowest BCUT2D eigenvalue weighted by Gasteiger charge is -2.15. The zero-order valence-electron chi connectivity index (χ0n) is 17.3. The molecule has 3 rings (SSSR count). The number of nitriles is 1. The molecule has 1 aliphatic carbocycles. The normalized spacial score (nSPS) is 14.2.